The van der Waals surface area contributed by atoms with Crippen molar-refractivity contribution in [3.05, 3.63) is 102 Å². The number of furan rings is 1. The number of nitrogens with one attached hydrogen (secondary N) is 1. The average molecular weight is 512 g/mol. The average Bonchev–Trinajstić information content (AvgIpc) is 3.57. The second-order valence-electron chi connectivity index (χ2n) is 9.50. The number of fused-ring (bicyclic) bond motifs is 1. The molecule has 2 heterocycles. The van der Waals surface area contributed by atoms with Crippen LogP contribution in [0.25, 0.3) is 33.4 Å². The third-order valence-corrected chi connectivity index (χ3v) is 6.90. The zero-order valence-corrected chi connectivity index (χ0v) is 20.7. The van der Waals surface area contributed by atoms with E-state index in [9.17, 15) is 13.6 Å². The van der Waals surface area contributed by atoms with Crippen molar-refractivity contribution in [1.82, 2.24) is 15.3 Å². The molecule has 0 unspecified atom stereocenters. The zero-order chi connectivity index (χ0) is 26.4. The van der Waals surface area contributed by atoms with Gasteiger partial charge in [-0.2, -0.15) is 0 Å². The van der Waals surface area contributed by atoms with Gasteiger partial charge in [0, 0.05) is 10.9 Å². The van der Waals surface area contributed by atoms with Gasteiger partial charge in [-0.3, -0.25) is 4.79 Å². The molecule has 1 aliphatic rings. The minimum absolute atomic E-state index is 0.306. The summed E-state index contributed by atoms with van der Waals surface area (Å²) in [4.78, 5) is 21.6. The number of ether oxygens (including phenoxy) is 1. The van der Waals surface area contributed by atoms with Gasteiger partial charge < -0.3 is 14.5 Å². The van der Waals surface area contributed by atoms with Gasteiger partial charge in [0.15, 0.2) is 11.6 Å². The highest BCUT2D eigenvalue weighted by Gasteiger charge is 2.48. The van der Waals surface area contributed by atoms with Crippen LogP contribution in [0.3, 0.4) is 0 Å². The maximum absolute atomic E-state index is 13.4. The van der Waals surface area contributed by atoms with Gasteiger partial charge in [0.25, 0.3) is 5.91 Å². The van der Waals surface area contributed by atoms with E-state index < -0.39 is 11.4 Å². The lowest BCUT2D eigenvalue weighted by atomic mass is 9.96. The zero-order valence-electron chi connectivity index (χ0n) is 20.7. The number of amides is 1. The topological polar surface area (TPSA) is 77.2 Å². The van der Waals surface area contributed by atoms with E-state index in [1.54, 1.807) is 12.1 Å². The summed E-state index contributed by atoms with van der Waals surface area (Å²) in [7, 11) is 1.52. The van der Waals surface area contributed by atoms with Crippen LogP contribution in [0, 0.1) is 18.6 Å². The molecule has 2 aromatic heterocycles. The first-order chi connectivity index (χ1) is 18.3. The van der Waals surface area contributed by atoms with Gasteiger partial charge in [0.2, 0.25) is 0 Å². The number of aromatic nitrogens is 2. The normalized spacial score (nSPS) is 13.9. The molecule has 0 radical (unpaired) electrons. The maximum atomic E-state index is 13.4. The van der Waals surface area contributed by atoms with E-state index in [-0.39, 0.29) is 11.7 Å². The number of hydrogen-bond acceptors (Lipinski definition) is 5. The molecule has 0 spiro atoms. The smallest absolute Gasteiger partial charge is 0.255 e. The fourth-order valence-corrected chi connectivity index (χ4v) is 4.68. The third kappa shape index (κ3) is 4.28. The van der Waals surface area contributed by atoms with Crippen molar-refractivity contribution < 1.29 is 22.7 Å². The second-order valence-corrected chi connectivity index (χ2v) is 9.50. The molecule has 6 rings (SSSR count). The summed E-state index contributed by atoms with van der Waals surface area (Å²) >= 11 is 0. The monoisotopic (exact) mass is 511 g/mol. The van der Waals surface area contributed by atoms with Gasteiger partial charge in [-0.05, 0) is 91.1 Å². The van der Waals surface area contributed by atoms with Crippen LogP contribution in [0.15, 0.2) is 77.5 Å². The van der Waals surface area contributed by atoms with Gasteiger partial charge in [0.05, 0.1) is 25.1 Å². The van der Waals surface area contributed by atoms with Crippen LogP contribution in [0.5, 0.6) is 5.75 Å². The van der Waals surface area contributed by atoms with Crippen molar-refractivity contribution in [3.8, 4) is 28.2 Å². The molecule has 0 saturated heterocycles. The molecule has 3 aromatic carbocycles. The lowest BCUT2D eigenvalue weighted by Crippen LogP contribution is -2.36. The first-order valence-electron chi connectivity index (χ1n) is 12.1. The van der Waals surface area contributed by atoms with E-state index in [1.165, 1.54) is 19.2 Å². The SMILES string of the molecule is COc1cc(C)c(-c2ccc3oc(-c4ccc(F)cc4)cc3c2)cc1C(=O)NC1(c2ncc(F)cn2)CC1. The minimum atomic E-state index is -0.715. The van der Waals surface area contributed by atoms with Crippen LogP contribution >= 0.6 is 0 Å². The van der Waals surface area contributed by atoms with Crippen molar-refractivity contribution in [2.45, 2.75) is 25.3 Å². The molecular weight excluding hydrogens is 488 g/mol. The van der Waals surface area contributed by atoms with Gasteiger partial charge in [-0.25, -0.2) is 18.7 Å². The first-order valence-corrected chi connectivity index (χ1v) is 12.1. The standard InChI is InChI=1S/C30H23F2N3O3/c1-17-11-27(37-2)24(28(36)35-30(9-10-30)29-33-15-22(32)16-34-29)14-23(17)19-5-8-25-20(12-19)13-26(38-25)18-3-6-21(31)7-4-18/h3-8,11-16H,9-10H2,1-2H3,(H,35,36). The molecular formula is C30H23F2N3O3. The molecule has 38 heavy (non-hydrogen) atoms. The number of hydrogen-bond donors (Lipinski definition) is 1. The van der Waals surface area contributed by atoms with Crippen molar-refractivity contribution >= 4 is 16.9 Å². The summed E-state index contributed by atoms with van der Waals surface area (Å²) < 4.78 is 38.2. The highest BCUT2D eigenvalue weighted by molar-refractivity contribution is 5.99. The fraction of sp³-hybridized carbons (Fsp3) is 0.167. The number of halogens is 2. The van der Waals surface area contributed by atoms with Crippen LogP contribution < -0.4 is 10.1 Å². The number of methoxy groups -OCH3 is 1. The number of rotatable bonds is 6. The molecule has 190 valence electrons. The highest BCUT2D eigenvalue weighted by atomic mass is 19.1. The molecule has 8 heteroatoms. The summed E-state index contributed by atoms with van der Waals surface area (Å²) in [5, 5.41) is 3.92. The summed E-state index contributed by atoms with van der Waals surface area (Å²) in [5.41, 5.74) is 3.85. The molecule has 1 fully saturated rings. The Morgan fingerprint density at radius 2 is 1.66 bits per heavy atom. The van der Waals surface area contributed by atoms with E-state index >= 15 is 0 Å². The third-order valence-electron chi connectivity index (χ3n) is 6.90. The van der Waals surface area contributed by atoms with Crippen LogP contribution in [-0.2, 0) is 5.54 Å². The minimum Gasteiger partial charge on any atom is -0.496 e. The Kier molecular flexibility index (Phi) is 5.67. The molecule has 1 aliphatic carbocycles. The fourth-order valence-electron chi connectivity index (χ4n) is 4.68. The summed E-state index contributed by atoms with van der Waals surface area (Å²) in [6, 6.07) is 17.5. The summed E-state index contributed by atoms with van der Waals surface area (Å²) in [6.45, 7) is 1.96. The van der Waals surface area contributed by atoms with Crippen LogP contribution in [0.1, 0.15) is 34.6 Å². The van der Waals surface area contributed by atoms with Crippen molar-refractivity contribution in [1.29, 1.82) is 0 Å². The van der Waals surface area contributed by atoms with E-state index in [4.69, 9.17) is 9.15 Å². The van der Waals surface area contributed by atoms with Gasteiger partial charge >= 0.3 is 0 Å². The number of carbonyl (C=O) groups is 1. The molecule has 1 saturated carbocycles. The lowest BCUT2D eigenvalue weighted by Gasteiger charge is -2.18. The highest BCUT2D eigenvalue weighted by Crippen LogP contribution is 2.44. The Morgan fingerprint density at radius 3 is 2.34 bits per heavy atom. The lowest BCUT2D eigenvalue weighted by molar-refractivity contribution is 0.0925. The van der Waals surface area contributed by atoms with Crippen LogP contribution in [-0.4, -0.2) is 23.0 Å². The number of nitrogens with zero attached hydrogens (tertiary/aromatic N) is 2. The Bertz CT molecular complexity index is 1670. The number of carbonyl (C=O) groups excluding carboxylic acids is 1. The van der Waals surface area contributed by atoms with Crippen LogP contribution in [0.2, 0.25) is 0 Å². The molecule has 0 aliphatic heterocycles. The Morgan fingerprint density at radius 1 is 0.947 bits per heavy atom. The van der Waals surface area contributed by atoms with Gasteiger partial charge in [-0.1, -0.05) is 6.07 Å². The van der Waals surface area contributed by atoms with E-state index in [1.807, 2.05) is 43.3 Å². The van der Waals surface area contributed by atoms with Crippen molar-refractivity contribution in [3.63, 3.8) is 0 Å². The molecule has 1 N–H and O–H groups in total. The quantitative estimate of drug-likeness (QED) is 0.279. The molecule has 6 nitrogen and oxygen atoms in total. The Labute approximate surface area is 217 Å². The number of benzene rings is 3. The summed E-state index contributed by atoms with van der Waals surface area (Å²) in [5.74, 6) is 0.321. The Balaban J connectivity index is 1.34. The predicted molar refractivity (Wildman–Crippen MR) is 139 cm³/mol. The molecule has 5 aromatic rings. The van der Waals surface area contributed by atoms with E-state index in [0.29, 0.717) is 41.3 Å². The first kappa shape index (κ1) is 23.8. The predicted octanol–water partition coefficient (Wildman–Crippen LogP) is 6.57. The Hall–Kier alpha value is -4.59. The maximum Gasteiger partial charge on any atom is 0.255 e. The van der Waals surface area contributed by atoms with Gasteiger partial charge in [0.1, 0.15) is 28.4 Å². The van der Waals surface area contributed by atoms with E-state index in [0.717, 1.165) is 40.0 Å². The molecule has 1 amide bonds. The number of aryl methyl sites for hydroxylation is 1. The largest absolute Gasteiger partial charge is 0.496 e. The second kappa shape index (κ2) is 9.06. The van der Waals surface area contributed by atoms with Crippen molar-refractivity contribution in [2.24, 2.45) is 0 Å². The van der Waals surface area contributed by atoms with Crippen LogP contribution in [0.4, 0.5) is 8.78 Å². The molecule has 0 atom stereocenters. The summed E-state index contributed by atoms with van der Waals surface area (Å²) in [6.07, 6.45) is 3.54. The van der Waals surface area contributed by atoms with Gasteiger partial charge in [-0.15, -0.1) is 0 Å². The van der Waals surface area contributed by atoms with E-state index in [2.05, 4.69) is 15.3 Å². The van der Waals surface area contributed by atoms with Crippen molar-refractivity contribution in [2.75, 3.05) is 7.11 Å². The molecule has 0 bridgehead atoms.